The molecule has 0 aliphatic heterocycles. The maximum atomic E-state index is 11.7. The van der Waals surface area contributed by atoms with Gasteiger partial charge in [-0.2, -0.15) is 0 Å². The Balaban J connectivity index is 1.90. The van der Waals surface area contributed by atoms with E-state index in [4.69, 9.17) is 0 Å². The van der Waals surface area contributed by atoms with Crippen LogP contribution in [0.2, 0.25) is 0 Å². The Morgan fingerprint density at radius 1 is 1.45 bits per heavy atom. The van der Waals surface area contributed by atoms with E-state index in [1.807, 2.05) is 38.1 Å². The number of benzene rings is 1. The van der Waals surface area contributed by atoms with Gasteiger partial charge in [0.25, 0.3) is 0 Å². The molecule has 1 aromatic carbocycles. The molecule has 108 valence electrons. The molecule has 4 heteroatoms. The Bertz CT molecular complexity index is 512. The van der Waals surface area contributed by atoms with Crippen LogP contribution < -0.4 is 5.32 Å². The van der Waals surface area contributed by atoms with E-state index in [-0.39, 0.29) is 18.4 Å². The molecule has 3 atom stereocenters. The molecule has 0 bridgehead atoms. The predicted octanol–water partition coefficient (Wildman–Crippen LogP) is 2.01. The van der Waals surface area contributed by atoms with Gasteiger partial charge in [0.2, 0.25) is 5.91 Å². The van der Waals surface area contributed by atoms with E-state index in [0.29, 0.717) is 12.3 Å². The molecule has 1 aromatic rings. The molecule has 1 aliphatic rings. The van der Waals surface area contributed by atoms with Crippen molar-refractivity contribution in [2.75, 3.05) is 6.54 Å². The molecule has 0 radical (unpaired) electrons. The minimum atomic E-state index is -0.865. The lowest BCUT2D eigenvalue weighted by Gasteiger charge is -2.14. The summed E-state index contributed by atoms with van der Waals surface area (Å²) in [7, 11) is 0. The summed E-state index contributed by atoms with van der Waals surface area (Å²) in [5, 5.41) is 12.0. The largest absolute Gasteiger partial charge is 0.481 e. The SMILES string of the molecule is Cc1cccc(C[C@H](CNC(=O)[C@H]2C[C@@H]2C)C(=O)O)c1. The lowest BCUT2D eigenvalue weighted by atomic mass is 9.98. The number of carbonyl (C=O) groups excluding carboxylic acids is 1. The normalized spacial score (nSPS) is 22.1. The minimum absolute atomic E-state index is 0.00649. The molecule has 1 fully saturated rings. The van der Waals surface area contributed by atoms with Crippen LogP contribution >= 0.6 is 0 Å². The molecule has 20 heavy (non-hydrogen) atoms. The van der Waals surface area contributed by atoms with Gasteiger partial charge in [-0.05, 0) is 31.2 Å². The van der Waals surface area contributed by atoms with E-state index in [1.54, 1.807) is 0 Å². The number of aliphatic carboxylic acids is 1. The molecular formula is C16H21NO3. The molecule has 1 aliphatic carbocycles. The van der Waals surface area contributed by atoms with Crippen molar-refractivity contribution in [3.63, 3.8) is 0 Å². The monoisotopic (exact) mass is 275 g/mol. The third kappa shape index (κ3) is 3.83. The fraction of sp³-hybridized carbons (Fsp3) is 0.500. The van der Waals surface area contributed by atoms with Crippen molar-refractivity contribution in [3.05, 3.63) is 35.4 Å². The number of carboxylic acids is 1. The molecule has 0 heterocycles. The van der Waals surface area contributed by atoms with E-state index < -0.39 is 11.9 Å². The van der Waals surface area contributed by atoms with Crippen molar-refractivity contribution < 1.29 is 14.7 Å². The first-order valence-electron chi connectivity index (χ1n) is 7.03. The average Bonchev–Trinajstić information content (AvgIpc) is 3.11. The van der Waals surface area contributed by atoms with E-state index >= 15 is 0 Å². The first-order valence-corrected chi connectivity index (χ1v) is 7.03. The van der Waals surface area contributed by atoms with Crippen LogP contribution in [0.25, 0.3) is 0 Å². The van der Waals surface area contributed by atoms with E-state index in [1.165, 1.54) is 0 Å². The van der Waals surface area contributed by atoms with Crippen LogP contribution in [0.15, 0.2) is 24.3 Å². The summed E-state index contributed by atoms with van der Waals surface area (Å²) in [4.78, 5) is 23.0. The quantitative estimate of drug-likeness (QED) is 0.834. The van der Waals surface area contributed by atoms with Gasteiger partial charge in [0, 0.05) is 12.5 Å². The first-order chi connectivity index (χ1) is 9.47. The molecule has 0 saturated heterocycles. The summed E-state index contributed by atoms with van der Waals surface area (Å²) >= 11 is 0. The van der Waals surface area contributed by atoms with E-state index in [9.17, 15) is 14.7 Å². The third-order valence-corrected chi connectivity index (χ3v) is 3.88. The summed E-state index contributed by atoms with van der Waals surface area (Å²) in [5.41, 5.74) is 2.11. The van der Waals surface area contributed by atoms with Crippen LogP contribution in [0.5, 0.6) is 0 Å². The Hall–Kier alpha value is -1.84. The molecule has 2 N–H and O–H groups in total. The molecule has 0 spiro atoms. The molecule has 0 aromatic heterocycles. The van der Waals surface area contributed by atoms with Crippen molar-refractivity contribution in [2.24, 2.45) is 17.8 Å². The highest BCUT2D eigenvalue weighted by molar-refractivity contribution is 5.82. The molecule has 4 nitrogen and oxygen atoms in total. The van der Waals surface area contributed by atoms with Gasteiger partial charge in [-0.15, -0.1) is 0 Å². The Kier molecular flexibility index (Phi) is 4.42. The van der Waals surface area contributed by atoms with Gasteiger partial charge in [-0.3, -0.25) is 9.59 Å². The average molecular weight is 275 g/mol. The van der Waals surface area contributed by atoms with Crippen LogP contribution in [0.4, 0.5) is 0 Å². The van der Waals surface area contributed by atoms with Gasteiger partial charge in [0.15, 0.2) is 0 Å². The number of nitrogens with one attached hydrogen (secondary N) is 1. The van der Waals surface area contributed by atoms with Gasteiger partial charge in [0.1, 0.15) is 0 Å². The number of hydrogen-bond donors (Lipinski definition) is 2. The maximum absolute atomic E-state index is 11.7. The number of carboxylic acid groups (broad SMARTS) is 1. The van der Waals surface area contributed by atoms with Gasteiger partial charge in [-0.1, -0.05) is 36.8 Å². The highest BCUT2D eigenvalue weighted by Gasteiger charge is 2.39. The molecule has 2 rings (SSSR count). The molecule has 1 amide bonds. The van der Waals surface area contributed by atoms with Crippen molar-refractivity contribution in [1.29, 1.82) is 0 Å². The van der Waals surface area contributed by atoms with Gasteiger partial charge >= 0.3 is 5.97 Å². The summed E-state index contributed by atoms with van der Waals surface area (Å²) in [6, 6.07) is 7.82. The zero-order valence-electron chi connectivity index (χ0n) is 11.9. The van der Waals surface area contributed by atoms with Crippen LogP contribution in [0, 0.1) is 24.7 Å². The second kappa shape index (κ2) is 6.07. The van der Waals surface area contributed by atoms with Crippen molar-refractivity contribution in [3.8, 4) is 0 Å². The predicted molar refractivity (Wildman–Crippen MR) is 76.3 cm³/mol. The van der Waals surface area contributed by atoms with E-state index in [2.05, 4.69) is 5.32 Å². The van der Waals surface area contributed by atoms with Crippen LogP contribution in [-0.2, 0) is 16.0 Å². The Labute approximate surface area is 119 Å². The second-order valence-corrected chi connectivity index (χ2v) is 5.79. The number of rotatable bonds is 6. The molecule has 1 saturated carbocycles. The number of amides is 1. The number of carbonyl (C=O) groups is 2. The van der Waals surface area contributed by atoms with Crippen molar-refractivity contribution in [2.45, 2.75) is 26.7 Å². The van der Waals surface area contributed by atoms with Gasteiger partial charge in [0.05, 0.1) is 5.92 Å². The summed E-state index contributed by atoms with van der Waals surface area (Å²) in [6.07, 6.45) is 1.36. The fourth-order valence-corrected chi connectivity index (χ4v) is 2.41. The van der Waals surface area contributed by atoms with Crippen molar-refractivity contribution >= 4 is 11.9 Å². The van der Waals surface area contributed by atoms with Crippen LogP contribution in [-0.4, -0.2) is 23.5 Å². The fourth-order valence-electron chi connectivity index (χ4n) is 2.41. The standard InChI is InChI=1S/C16H21NO3/c1-10-4-3-5-12(6-10)8-13(16(19)20)9-17-15(18)14-7-11(14)2/h3-6,11,13-14H,7-9H2,1-2H3,(H,17,18)(H,19,20)/t11-,13+,14-/m0/s1. The number of hydrogen-bond acceptors (Lipinski definition) is 2. The van der Waals surface area contributed by atoms with Crippen LogP contribution in [0.3, 0.4) is 0 Å². The first kappa shape index (κ1) is 14.6. The highest BCUT2D eigenvalue weighted by Crippen LogP contribution is 2.37. The lowest BCUT2D eigenvalue weighted by molar-refractivity contribution is -0.141. The summed E-state index contributed by atoms with van der Waals surface area (Å²) in [6.45, 7) is 4.21. The maximum Gasteiger partial charge on any atom is 0.308 e. The van der Waals surface area contributed by atoms with E-state index in [0.717, 1.165) is 17.5 Å². The minimum Gasteiger partial charge on any atom is -0.481 e. The zero-order chi connectivity index (χ0) is 14.7. The van der Waals surface area contributed by atoms with Crippen LogP contribution in [0.1, 0.15) is 24.5 Å². The van der Waals surface area contributed by atoms with Gasteiger partial charge < -0.3 is 10.4 Å². The van der Waals surface area contributed by atoms with Crippen molar-refractivity contribution in [1.82, 2.24) is 5.32 Å². The smallest absolute Gasteiger partial charge is 0.308 e. The zero-order valence-corrected chi connectivity index (χ0v) is 11.9. The summed E-state index contributed by atoms with van der Waals surface area (Å²) in [5.74, 6) is -0.920. The molecular weight excluding hydrogens is 254 g/mol. The lowest BCUT2D eigenvalue weighted by Crippen LogP contribution is -2.35. The topological polar surface area (TPSA) is 66.4 Å². The second-order valence-electron chi connectivity index (χ2n) is 5.79. The highest BCUT2D eigenvalue weighted by atomic mass is 16.4. The third-order valence-electron chi connectivity index (χ3n) is 3.88. The summed E-state index contributed by atoms with van der Waals surface area (Å²) < 4.78 is 0. The molecule has 0 unspecified atom stereocenters. The Morgan fingerprint density at radius 3 is 2.70 bits per heavy atom. The number of aryl methyl sites for hydroxylation is 1. The Morgan fingerprint density at radius 2 is 2.15 bits per heavy atom. The van der Waals surface area contributed by atoms with Gasteiger partial charge in [-0.25, -0.2) is 0 Å².